The van der Waals surface area contributed by atoms with E-state index in [2.05, 4.69) is 5.32 Å². The van der Waals surface area contributed by atoms with E-state index in [1.54, 1.807) is 41.3 Å². The molecule has 0 radical (unpaired) electrons. The van der Waals surface area contributed by atoms with Crippen molar-refractivity contribution in [2.45, 2.75) is 11.8 Å². The van der Waals surface area contributed by atoms with Crippen LogP contribution in [0, 0.1) is 5.82 Å². The molecule has 0 bridgehead atoms. The first kappa shape index (κ1) is 21.3. The van der Waals surface area contributed by atoms with Crippen molar-refractivity contribution in [3.8, 4) is 0 Å². The number of nitrogens with zero attached hydrogens (tertiary/aromatic N) is 1. The zero-order valence-electron chi connectivity index (χ0n) is 14.5. The van der Waals surface area contributed by atoms with E-state index < -0.39 is 10.0 Å². The quantitative estimate of drug-likeness (QED) is 0.799. The molecule has 1 aliphatic heterocycles. The molecule has 0 aromatic heterocycles. The van der Waals surface area contributed by atoms with Crippen molar-refractivity contribution < 1.29 is 17.6 Å². The van der Waals surface area contributed by atoms with E-state index in [1.807, 2.05) is 0 Å². The summed E-state index contributed by atoms with van der Waals surface area (Å²) in [5, 5.41) is 8.26. The second-order valence-electron chi connectivity index (χ2n) is 6.28. The maximum Gasteiger partial charge on any atom is 0.254 e. The number of benzene rings is 2. The van der Waals surface area contributed by atoms with E-state index in [9.17, 15) is 17.6 Å². The summed E-state index contributed by atoms with van der Waals surface area (Å²) in [6.45, 7) is 1.69. The molecule has 2 aromatic carbocycles. The minimum absolute atomic E-state index is 0. The first-order valence-electron chi connectivity index (χ1n) is 8.20. The normalized spacial score (nSPS) is 17.3. The van der Waals surface area contributed by atoms with E-state index >= 15 is 0 Å². The lowest BCUT2D eigenvalue weighted by atomic mass is 10.0. The number of piperazine rings is 1. The predicted octanol–water partition coefficient (Wildman–Crippen LogP) is 1.82. The van der Waals surface area contributed by atoms with E-state index in [0.29, 0.717) is 30.8 Å². The van der Waals surface area contributed by atoms with Gasteiger partial charge in [-0.15, -0.1) is 12.4 Å². The van der Waals surface area contributed by atoms with Crippen LogP contribution < -0.4 is 10.5 Å². The highest BCUT2D eigenvalue weighted by molar-refractivity contribution is 7.88. The number of hydrogen-bond donors (Lipinski definition) is 2. The maximum atomic E-state index is 13.6. The summed E-state index contributed by atoms with van der Waals surface area (Å²) in [5.41, 5.74) is 1.70. The molecule has 9 heteroatoms. The predicted molar refractivity (Wildman–Crippen MR) is 104 cm³/mol. The Morgan fingerprint density at radius 1 is 1.22 bits per heavy atom. The van der Waals surface area contributed by atoms with E-state index in [4.69, 9.17) is 5.14 Å². The highest BCUT2D eigenvalue weighted by Crippen LogP contribution is 2.25. The Morgan fingerprint density at radius 2 is 1.93 bits per heavy atom. The zero-order chi connectivity index (χ0) is 18.7. The Balaban J connectivity index is 0.00000261. The third-order valence-corrected chi connectivity index (χ3v) is 5.04. The molecule has 0 saturated carbocycles. The van der Waals surface area contributed by atoms with Crippen LogP contribution in [0.4, 0.5) is 4.39 Å². The lowest BCUT2D eigenvalue weighted by molar-refractivity contribution is 0.0634. The summed E-state index contributed by atoms with van der Waals surface area (Å²) >= 11 is 0. The van der Waals surface area contributed by atoms with Gasteiger partial charge in [0.15, 0.2) is 0 Å². The molecule has 3 N–H and O–H groups in total. The molecule has 6 nitrogen and oxygen atoms in total. The van der Waals surface area contributed by atoms with Crippen molar-refractivity contribution in [1.82, 2.24) is 10.2 Å². The van der Waals surface area contributed by atoms with Crippen molar-refractivity contribution in [3.63, 3.8) is 0 Å². The number of primary sulfonamides is 1. The number of carbonyl (C=O) groups is 1. The standard InChI is InChI=1S/C18H20FN3O3S.ClH/c19-16-3-1-2-15(10-16)17-11-21-8-9-22(17)18(23)14-6-4-13(5-7-14)12-26(20,24)25;/h1-7,10,17,21H,8-9,11-12H2,(H2,20,24,25);1H. The second kappa shape index (κ2) is 8.79. The van der Waals surface area contributed by atoms with Gasteiger partial charge in [0, 0.05) is 25.2 Å². The van der Waals surface area contributed by atoms with Crippen molar-refractivity contribution in [2.24, 2.45) is 5.14 Å². The minimum Gasteiger partial charge on any atom is -0.329 e. The molecule has 2 aromatic rings. The van der Waals surface area contributed by atoms with Gasteiger partial charge in [0.1, 0.15) is 5.82 Å². The first-order valence-corrected chi connectivity index (χ1v) is 9.91. The van der Waals surface area contributed by atoms with Crippen LogP contribution in [0.5, 0.6) is 0 Å². The van der Waals surface area contributed by atoms with Gasteiger partial charge in [-0.1, -0.05) is 24.3 Å². The summed E-state index contributed by atoms with van der Waals surface area (Å²) in [5.74, 6) is -0.795. The van der Waals surface area contributed by atoms with Gasteiger partial charge in [0.25, 0.3) is 5.91 Å². The number of sulfonamides is 1. The van der Waals surface area contributed by atoms with Crippen LogP contribution in [0.1, 0.15) is 27.5 Å². The third-order valence-electron chi connectivity index (χ3n) is 4.31. The van der Waals surface area contributed by atoms with Gasteiger partial charge in [-0.25, -0.2) is 17.9 Å². The monoisotopic (exact) mass is 413 g/mol. The molecule has 146 valence electrons. The fraction of sp³-hybridized carbons (Fsp3) is 0.278. The molecule has 0 spiro atoms. The molecule has 1 heterocycles. The van der Waals surface area contributed by atoms with Crippen LogP contribution in [0.3, 0.4) is 0 Å². The smallest absolute Gasteiger partial charge is 0.254 e. The average molecular weight is 414 g/mol. The van der Waals surface area contributed by atoms with Crippen molar-refractivity contribution in [2.75, 3.05) is 19.6 Å². The Bertz CT molecular complexity index is 906. The molecule has 3 rings (SSSR count). The Kier molecular flexibility index (Phi) is 6.94. The lowest BCUT2D eigenvalue weighted by Crippen LogP contribution is -2.48. The minimum atomic E-state index is -3.62. The summed E-state index contributed by atoms with van der Waals surface area (Å²) < 4.78 is 35.9. The van der Waals surface area contributed by atoms with Crippen LogP contribution in [0.2, 0.25) is 0 Å². The van der Waals surface area contributed by atoms with Crippen molar-refractivity contribution in [1.29, 1.82) is 0 Å². The molecule has 1 saturated heterocycles. The highest BCUT2D eigenvalue weighted by Gasteiger charge is 2.28. The fourth-order valence-electron chi connectivity index (χ4n) is 3.10. The molecule has 1 fully saturated rings. The van der Waals surface area contributed by atoms with Crippen LogP contribution in [0.15, 0.2) is 48.5 Å². The number of nitrogens with two attached hydrogens (primary N) is 1. The van der Waals surface area contributed by atoms with Crippen LogP contribution in [0.25, 0.3) is 0 Å². The number of halogens is 2. The molecule has 0 aliphatic carbocycles. The summed E-state index contributed by atoms with van der Waals surface area (Å²) in [4.78, 5) is 14.6. The number of nitrogens with one attached hydrogen (secondary N) is 1. The SMILES string of the molecule is Cl.NS(=O)(=O)Cc1ccc(C(=O)N2CCNCC2c2cccc(F)c2)cc1. The van der Waals surface area contributed by atoms with Crippen molar-refractivity contribution in [3.05, 3.63) is 71.0 Å². The summed E-state index contributed by atoms with van der Waals surface area (Å²) in [7, 11) is -3.62. The lowest BCUT2D eigenvalue weighted by Gasteiger charge is -2.36. The molecule has 27 heavy (non-hydrogen) atoms. The van der Waals surface area contributed by atoms with Gasteiger partial charge in [0.05, 0.1) is 11.8 Å². The van der Waals surface area contributed by atoms with Gasteiger partial charge in [-0.2, -0.15) is 0 Å². The number of hydrogen-bond acceptors (Lipinski definition) is 4. The Hall–Kier alpha value is -2.00. The maximum absolute atomic E-state index is 13.6. The largest absolute Gasteiger partial charge is 0.329 e. The average Bonchev–Trinajstić information content (AvgIpc) is 2.60. The van der Waals surface area contributed by atoms with Gasteiger partial charge >= 0.3 is 0 Å². The Morgan fingerprint density at radius 3 is 2.56 bits per heavy atom. The van der Waals surface area contributed by atoms with Crippen LogP contribution in [-0.2, 0) is 15.8 Å². The van der Waals surface area contributed by atoms with Crippen molar-refractivity contribution >= 4 is 28.3 Å². The molecule has 1 unspecified atom stereocenters. The van der Waals surface area contributed by atoms with Gasteiger partial charge < -0.3 is 10.2 Å². The topological polar surface area (TPSA) is 92.5 Å². The molecular weight excluding hydrogens is 393 g/mol. The van der Waals surface area contributed by atoms with E-state index in [1.165, 1.54) is 12.1 Å². The highest BCUT2D eigenvalue weighted by atomic mass is 35.5. The molecule has 1 amide bonds. The second-order valence-corrected chi connectivity index (χ2v) is 7.89. The first-order chi connectivity index (χ1) is 12.3. The summed E-state index contributed by atoms with van der Waals surface area (Å²) in [6.07, 6.45) is 0. The van der Waals surface area contributed by atoms with Crippen LogP contribution >= 0.6 is 12.4 Å². The molecular formula is C18H21ClFN3O3S. The molecule has 1 atom stereocenters. The van der Waals surface area contributed by atoms with Gasteiger partial charge in [-0.05, 0) is 35.4 Å². The summed E-state index contributed by atoms with van der Waals surface area (Å²) in [6, 6.07) is 12.3. The Labute approximate surface area is 164 Å². The number of amides is 1. The zero-order valence-corrected chi connectivity index (χ0v) is 16.1. The van der Waals surface area contributed by atoms with Crippen LogP contribution in [-0.4, -0.2) is 38.9 Å². The number of rotatable bonds is 4. The number of carbonyl (C=O) groups excluding carboxylic acids is 1. The molecule has 1 aliphatic rings. The van der Waals surface area contributed by atoms with Gasteiger partial charge in [-0.3, -0.25) is 4.79 Å². The van der Waals surface area contributed by atoms with E-state index in [0.717, 1.165) is 5.56 Å². The van der Waals surface area contributed by atoms with E-state index in [-0.39, 0.29) is 35.9 Å². The third kappa shape index (κ3) is 5.49. The van der Waals surface area contributed by atoms with Gasteiger partial charge in [0.2, 0.25) is 10.0 Å². The fourth-order valence-corrected chi connectivity index (χ4v) is 3.76.